The van der Waals surface area contributed by atoms with E-state index < -0.39 is 12.0 Å². The van der Waals surface area contributed by atoms with Crippen molar-refractivity contribution in [2.45, 2.75) is 12.5 Å². The van der Waals surface area contributed by atoms with Gasteiger partial charge in [0, 0.05) is 23.7 Å². The number of hydrogen-bond donors (Lipinski definition) is 2. The van der Waals surface area contributed by atoms with Crippen molar-refractivity contribution in [3.63, 3.8) is 0 Å². The number of rotatable bonds is 4. The lowest BCUT2D eigenvalue weighted by Gasteiger charge is -2.23. The smallest absolute Gasteiger partial charge is 0.326 e. The number of carboxylic acids is 1. The fourth-order valence-electron chi connectivity index (χ4n) is 2.46. The van der Waals surface area contributed by atoms with Crippen LogP contribution in [0.2, 0.25) is 0 Å². The maximum atomic E-state index is 12.1. The Morgan fingerprint density at radius 2 is 2.24 bits per heavy atom. The van der Waals surface area contributed by atoms with Gasteiger partial charge in [0.05, 0.1) is 6.54 Å². The molecule has 0 fully saturated rings. The summed E-state index contributed by atoms with van der Waals surface area (Å²) in [5.41, 5.74) is 1.76. The van der Waals surface area contributed by atoms with Crippen molar-refractivity contribution in [2.75, 3.05) is 16.8 Å². The molecule has 1 aliphatic rings. The molecule has 0 radical (unpaired) electrons. The van der Waals surface area contributed by atoms with Gasteiger partial charge in [0.2, 0.25) is 5.91 Å². The Morgan fingerprint density at radius 1 is 1.43 bits per heavy atom. The minimum atomic E-state index is -0.923. The van der Waals surface area contributed by atoms with E-state index in [0.717, 1.165) is 11.3 Å². The summed E-state index contributed by atoms with van der Waals surface area (Å²) in [5, 5.41) is 14.3. The van der Waals surface area contributed by atoms with Gasteiger partial charge in [-0.25, -0.2) is 9.78 Å². The largest absolute Gasteiger partial charge is 0.480 e. The molecule has 7 heteroatoms. The Bertz CT molecular complexity index is 672. The van der Waals surface area contributed by atoms with Gasteiger partial charge in [-0.2, -0.15) is 0 Å². The fraction of sp³-hybridized carbons (Fsp3) is 0.214. The monoisotopic (exact) mass is 303 g/mol. The molecule has 2 heterocycles. The normalized spacial score (nSPS) is 16.6. The summed E-state index contributed by atoms with van der Waals surface area (Å²) in [6.45, 7) is -0.00639. The van der Waals surface area contributed by atoms with Crippen LogP contribution in [0.5, 0.6) is 0 Å². The number of nitrogens with one attached hydrogen (secondary N) is 1. The summed E-state index contributed by atoms with van der Waals surface area (Å²) < 4.78 is 0. The molecule has 1 aromatic carbocycles. The number of carbonyl (C=O) groups is 2. The minimum Gasteiger partial charge on any atom is -0.480 e. The molecule has 0 saturated carbocycles. The highest BCUT2D eigenvalue weighted by Crippen LogP contribution is 2.31. The average molecular weight is 303 g/mol. The average Bonchev–Trinajstić information content (AvgIpc) is 3.07. The lowest BCUT2D eigenvalue weighted by atomic mass is 10.1. The van der Waals surface area contributed by atoms with Gasteiger partial charge >= 0.3 is 5.97 Å². The predicted molar refractivity (Wildman–Crippen MR) is 79.7 cm³/mol. The number of amides is 1. The van der Waals surface area contributed by atoms with Gasteiger partial charge in [0.15, 0.2) is 5.13 Å². The Kier molecular flexibility index (Phi) is 3.57. The molecule has 1 unspecified atom stereocenters. The number of para-hydroxylation sites is 1. The van der Waals surface area contributed by atoms with E-state index >= 15 is 0 Å². The summed E-state index contributed by atoms with van der Waals surface area (Å²) in [6.07, 6.45) is 2.02. The summed E-state index contributed by atoms with van der Waals surface area (Å²) in [7, 11) is 0. The Labute approximate surface area is 125 Å². The number of nitrogens with zero attached hydrogens (tertiary/aromatic N) is 2. The number of hydrogen-bond acceptors (Lipinski definition) is 5. The van der Waals surface area contributed by atoms with Gasteiger partial charge in [-0.15, -0.1) is 11.3 Å². The van der Waals surface area contributed by atoms with E-state index in [1.807, 2.05) is 24.3 Å². The highest BCUT2D eigenvalue weighted by molar-refractivity contribution is 7.13. The van der Waals surface area contributed by atoms with E-state index in [2.05, 4.69) is 10.3 Å². The molecule has 0 bridgehead atoms. The Hall–Kier alpha value is -2.41. The number of carboxylic acid groups (broad SMARTS) is 1. The van der Waals surface area contributed by atoms with Crippen LogP contribution < -0.4 is 10.2 Å². The number of fused-ring (bicyclic) bond motifs is 1. The minimum absolute atomic E-state index is 0.00639. The van der Waals surface area contributed by atoms with Crippen molar-refractivity contribution in [1.29, 1.82) is 0 Å². The van der Waals surface area contributed by atoms with Crippen LogP contribution in [0.25, 0.3) is 0 Å². The lowest BCUT2D eigenvalue weighted by molar-refractivity contribution is -0.138. The zero-order valence-corrected chi connectivity index (χ0v) is 11.8. The number of benzene rings is 1. The molecular formula is C14H13N3O3S. The van der Waals surface area contributed by atoms with Crippen molar-refractivity contribution in [3.8, 4) is 0 Å². The summed E-state index contributed by atoms with van der Waals surface area (Å²) >= 11 is 1.32. The first-order valence-electron chi connectivity index (χ1n) is 6.42. The van der Waals surface area contributed by atoms with Gasteiger partial charge in [0.1, 0.15) is 6.04 Å². The molecule has 0 aliphatic carbocycles. The molecule has 2 N–H and O–H groups in total. The number of anilines is 2. The number of aliphatic carboxylic acids is 1. The van der Waals surface area contributed by atoms with E-state index in [9.17, 15) is 14.7 Å². The Balaban J connectivity index is 1.78. The third-order valence-electron chi connectivity index (χ3n) is 3.37. The van der Waals surface area contributed by atoms with Gasteiger partial charge in [0.25, 0.3) is 0 Å². The Morgan fingerprint density at radius 3 is 2.95 bits per heavy atom. The maximum Gasteiger partial charge on any atom is 0.326 e. The summed E-state index contributed by atoms with van der Waals surface area (Å²) in [4.78, 5) is 29.1. The van der Waals surface area contributed by atoms with E-state index in [1.165, 1.54) is 11.3 Å². The fourth-order valence-corrected chi connectivity index (χ4v) is 3.01. The first-order chi connectivity index (χ1) is 10.1. The van der Waals surface area contributed by atoms with Crippen LogP contribution in [0.4, 0.5) is 10.8 Å². The second-order valence-corrected chi connectivity index (χ2v) is 5.59. The van der Waals surface area contributed by atoms with Crippen molar-refractivity contribution < 1.29 is 14.7 Å². The molecule has 1 aliphatic heterocycles. The molecule has 3 rings (SSSR count). The molecule has 108 valence electrons. The van der Waals surface area contributed by atoms with E-state index in [-0.39, 0.29) is 12.5 Å². The van der Waals surface area contributed by atoms with Gasteiger partial charge < -0.3 is 15.3 Å². The molecule has 1 atom stereocenters. The van der Waals surface area contributed by atoms with Crippen molar-refractivity contribution in [3.05, 3.63) is 41.4 Å². The third kappa shape index (κ3) is 2.73. The second-order valence-electron chi connectivity index (χ2n) is 4.70. The molecule has 21 heavy (non-hydrogen) atoms. The molecule has 1 amide bonds. The van der Waals surface area contributed by atoms with Crippen LogP contribution in [0.3, 0.4) is 0 Å². The third-order valence-corrected chi connectivity index (χ3v) is 4.06. The zero-order chi connectivity index (χ0) is 14.8. The number of carbonyl (C=O) groups excluding carboxylic acids is 1. The van der Waals surface area contributed by atoms with Crippen LogP contribution in [0, 0.1) is 0 Å². The van der Waals surface area contributed by atoms with Crippen molar-refractivity contribution >= 4 is 34.0 Å². The quantitative estimate of drug-likeness (QED) is 0.896. The van der Waals surface area contributed by atoms with Crippen molar-refractivity contribution in [2.24, 2.45) is 0 Å². The highest BCUT2D eigenvalue weighted by atomic mass is 32.1. The first-order valence-corrected chi connectivity index (χ1v) is 7.30. The van der Waals surface area contributed by atoms with Gasteiger partial charge in [-0.05, 0) is 11.6 Å². The van der Waals surface area contributed by atoms with Crippen LogP contribution >= 0.6 is 11.3 Å². The van der Waals surface area contributed by atoms with Crippen LogP contribution in [-0.4, -0.2) is 34.6 Å². The molecule has 2 aromatic rings. The summed E-state index contributed by atoms with van der Waals surface area (Å²) in [6, 6.07) is 6.74. The molecule has 0 saturated heterocycles. The first kappa shape index (κ1) is 13.6. The van der Waals surface area contributed by atoms with E-state index in [0.29, 0.717) is 11.6 Å². The molecule has 6 nitrogen and oxygen atoms in total. The number of aromatic nitrogens is 1. The molecular weight excluding hydrogens is 290 g/mol. The number of thiazole rings is 1. The topological polar surface area (TPSA) is 82.5 Å². The van der Waals surface area contributed by atoms with Crippen molar-refractivity contribution in [1.82, 2.24) is 4.98 Å². The van der Waals surface area contributed by atoms with Gasteiger partial charge in [-0.3, -0.25) is 4.79 Å². The second kappa shape index (κ2) is 5.53. The molecule has 0 spiro atoms. The lowest BCUT2D eigenvalue weighted by Crippen LogP contribution is -2.43. The summed E-state index contributed by atoms with van der Waals surface area (Å²) in [5.74, 6) is -1.19. The SMILES string of the molecule is O=C(CN1c2ccccc2CC1C(=O)O)Nc1nccs1. The van der Waals surface area contributed by atoms with E-state index in [4.69, 9.17) is 0 Å². The van der Waals surface area contributed by atoms with Crippen LogP contribution in [0.15, 0.2) is 35.8 Å². The predicted octanol–water partition coefficient (Wildman–Crippen LogP) is 1.60. The standard InChI is InChI=1S/C14H13N3O3S/c18-12(16-14-15-5-6-21-14)8-17-10-4-2-1-3-9(10)7-11(17)13(19)20/h1-6,11H,7-8H2,(H,19,20)(H,15,16,18). The van der Waals surface area contributed by atoms with E-state index in [1.54, 1.807) is 16.5 Å². The van der Waals surface area contributed by atoms with Crippen LogP contribution in [0.1, 0.15) is 5.56 Å². The molecule has 1 aromatic heterocycles. The highest BCUT2D eigenvalue weighted by Gasteiger charge is 2.35. The van der Waals surface area contributed by atoms with Crippen LogP contribution in [-0.2, 0) is 16.0 Å². The maximum absolute atomic E-state index is 12.1. The van der Waals surface area contributed by atoms with Gasteiger partial charge in [-0.1, -0.05) is 18.2 Å². The zero-order valence-electron chi connectivity index (χ0n) is 11.0.